The lowest BCUT2D eigenvalue weighted by atomic mass is 10.1. The number of amides is 1. The Morgan fingerprint density at radius 3 is 3.06 bits per heavy atom. The lowest BCUT2D eigenvalue weighted by Crippen LogP contribution is -2.33. The highest BCUT2D eigenvalue weighted by Crippen LogP contribution is 2.20. The molecule has 1 unspecified atom stereocenters. The molecule has 92 valence electrons. The van der Waals surface area contributed by atoms with E-state index in [1.165, 1.54) is 0 Å². The number of aliphatic hydroxyl groups excluding tert-OH is 1. The molecule has 0 saturated carbocycles. The van der Waals surface area contributed by atoms with Gasteiger partial charge in [0.2, 0.25) is 0 Å². The van der Waals surface area contributed by atoms with Crippen LogP contribution in [0.3, 0.4) is 0 Å². The van der Waals surface area contributed by atoms with Crippen LogP contribution < -0.4 is 0 Å². The fourth-order valence-corrected chi connectivity index (χ4v) is 2.12. The van der Waals surface area contributed by atoms with Gasteiger partial charge < -0.3 is 9.84 Å². The third-order valence-electron chi connectivity index (χ3n) is 2.78. The minimum atomic E-state index is -0.330. The summed E-state index contributed by atoms with van der Waals surface area (Å²) in [7, 11) is 0. The van der Waals surface area contributed by atoms with Gasteiger partial charge in [-0.2, -0.15) is 0 Å². The maximum absolute atomic E-state index is 11.5. The number of nitrogens with zero attached hydrogens (tertiary/aromatic N) is 1. The molecule has 4 nitrogen and oxygen atoms in total. The highest BCUT2D eigenvalue weighted by atomic mass is 35.5. The topological polar surface area (TPSA) is 49.8 Å². The fraction of sp³-hybridized carbons (Fsp3) is 0.417. The van der Waals surface area contributed by atoms with Gasteiger partial charge in [-0.1, -0.05) is 23.7 Å². The molecule has 5 heteroatoms. The number of hydrogen-bond donors (Lipinski definition) is 1. The Bertz CT molecular complexity index is 410. The fourth-order valence-electron chi connectivity index (χ4n) is 1.90. The Labute approximate surface area is 105 Å². The molecule has 17 heavy (non-hydrogen) atoms. The lowest BCUT2D eigenvalue weighted by molar-refractivity contribution is 0.155. The van der Waals surface area contributed by atoms with E-state index in [1.54, 1.807) is 11.0 Å². The molecule has 1 aliphatic rings. The van der Waals surface area contributed by atoms with Crippen LogP contribution in [0.15, 0.2) is 24.3 Å². The van der Waals surface area contributed by atoms with E-state index in [1.807, 2.05) is 18.2 Å². The summed E-state index contributed by atoms with van der Waals surface area (Å²) >= 11 is 5.89. The van der Waals surface area contributed by atoms with E-state index < -0.39 is 0 Å². The maximum atomic E-state index is 11.5. The molecule has 1 atom stereocenters. The molecule has 1 saturated heterocycles. The first-order chi connectivity index (χ1) is 8.20. The molecule has 0 aliphatic carbocycles. The number of ether oxygens (including phenoxy) is 1. The molecule has 1 heterocycles. The minimum absolute atomic E-state index is 0.0490. The molecule has 1 N–H and O–H groups in total. The first-order valence-electron chi connectivity index (χ1n) is 5.49. The average Bonchev–Trinajstić information content (AvgIpc) is 2.62. The molecular formula is C12H14ClNO3. The molecule has 0 radical (unpaired) electrons. The second-order valence-corrected chi connectivity index (χ2v) is 4.44. The number of rotatable bonds is 4. The van der Waals surface area contributed by atoms with Gasteiger partial charge in [-0.15, -0.1) is 0 Å². The number of cyclic esters (lactones) is 1. The van der Waals surface area contributed by atoms with Crippen molar-refractivity contribution in [3.8, 4) is 0 Å². The highest BCUT2D eigenvalue weighted by molar-refractivity contribution is 6.30. The van der Waals surface area contributed by atoms with Crippen molar-refractivity contribution in [3.63, 3.8) is 0 Å². The first-order valence-corrected chi connectivity index (χ1v) is 5.87. The van der Waals surface area contributed by atoms with E-state index in [-0.39, 0.29) is 18.7 Å². The summed E-state index contributed by atoms with van der Waals surface area (Å²) in [5.41, 5.74) is 0.958. The molecule has 0 bridgehead atoms. The van der Waals surface area contributed by atoms with Gasteiger partial charge in [-0.3, -0.25) is 4.90 Å². The van der Waals surface area contributed by atoms with Crippen molar-refractivity contribution in [3.05, 3.63) is 34.9 Å². The van der Waals surface area contributed by atoms with E-state index >= 15 is 0 Å². The summed E-state index contributed by atoms with van der Waals surface area (Å²) in [5, 5.41) is 9.57. The molecule has 0 spiro atoms. The lowest BCUT2D eigenvalue weighted by Gasteiger charge is -2.20. The van der Waals surface area contributed by atoms with Crippen LogP contribution in [-0.4, -0.2) is 35.4 Å². The van der Waals surface area contributed by atoms with Gasteiger partial charge in [0, 0.05) is 18.2 Å². The molecule has 1 amide bonds. The van der Waals surface area contributed by atoms with Crippen molar-refractivity contribution >= 4 is 17.7 Å². The number of benzene rings is 1. The van der Waals surface area contributed by atoms with E-state index in [2.05, 4.69) is 0 Å². The summed E-state index contributed by atoms with van der Waals surface area (Å²) in [5.74, 6) is 0. The van der Waals surface area contributed by atoms with Crippen LogP contribution in [0.2, 0.25) is 5.02 Å². The standard InChI is InChI=1S/C12H14ClNO3/c13-10-3-1-2-9(6-10)7-14-11(4-5-15)8-17-12(14)16/h1-3,6,11,15H,4-5,7-8H2. The van der Waals surface area contributed by atoms with Crippen LogP contribution in [-0.2, 0) is 11.3 Å². The second-order valence-electron chi connectivity index (χ2n) is 4.00. The van der Waals surface area contributed by atoms with Gasteiger partial charge in [-0.25, -0.2) is 4.79 Å². The number of carbonyl (C=O) groups excluding carboxylic acids is 1. The number of halogens is 1. The Kier molecular flexibility index (Phi) is 3.86. The van der Waals surface area contributed by atoms with Crippen LogP contribution in [0.5, 0.6) is 0 Å². The van der Waals surface area contributed by atoms with Crippen molar-refractivity contribution in [1.29, 1.82) is 0 Å². The van der Waals surface area contributed by atoms with Gasteiger partial charge in [0.05, 0.1) is 6.04 Å². The monoisotopic (exact) mass is 255 g/mol. The van der Waals surface area contributed by atoms with Crippen molar-refractivity contribution in [2.45, 2.75) is 19.0 Å². The number of aliphatic hydroxyl groups is 1. The van der Waals surface area contributed by atoms with Gasteiger partial charge in [-0.05, 0) is 24.1 Å². The van der Waals surface area contributed by atoms with Crippen LogP contribution in [0, 0.1) is 0 Å². The summed E-state index contributed by atoms with van der Waals surface area (Å²) in [6, 6.07) is 7.32. The van der Waals surface area contributed by atoms with E-state index in [0.29, 0.717) is 24.6 Å². The molecular weight excluding hydrogens is 242 g/mol. The zero-order chi connectivity index (χ0) is 12.3. The summed E-state index contributed by atoms with van der Waals surface area (Å²) in [4.78, 5) is 13.2. The summed E-state index contributed by atoms with van der Waals surface area (Å²) < 4.78 is 4.98. The number of carbonyl (C=O) groups is 1. The Hall–Kier alpha value is -1.26. The summed E-state index contributed by atoms with van der Waals surface area (Å²) in [6.07, 6.45) is 0.204. The maximum Gasteiger partial charge on any atom is 0.410 e. The molecule has 1 aromatic carbocycles. The molecule has 1 aliphatic heterocycles. The second kappa shape index (κ2) is 5.38. The van der Waals surface area contributed by atoms with Crippen molar-refractivity contribution in [2.75, 3.05) is 13.2 Å². The zero-order valence-electron chi connectivity index (χ0n) is 9.30. The SMILES string of the molecule is O=C1OCC(CCO)N1Cc1cccc(Cl)c1. The van der Waals surface area contributed by atoms with Crippen LogP contribution in [0.1, 0.15) is 12.0 Å². The normalized spacial score (nSPS) is 19.5. The van der Waals surface area contributed by atoms with E-state index in [4.69, 9.17) is 21.4 Å². The summed E-state index contributed by atoms with van der Waals surface area (Å²) in [6.45, 7) is 0.859. The van der Waals surface area contributed by atoms with Gasteiger partial charge >= 0.3 is 6.09 Å². The zero-order valence-corrected chi connectivity index (χ0v) is 10.1. The molecule has 1 aromatic rings. The third-order valence-corrected chi connectivity index (χ3v) is 3.01. The van der Waals surface area contributed by atoms with Crippen LogP contribution in [0.25, 0.3) is 0 Å². The molecule has 0 aromatic heterocycles. The predicted octanol–water partition coefficient (Wildman–Crippen LogP) is 2.04. The van der Waals surface area contributed by atoms with Crippen LogP contribution >= 0.6 is 11.6 Å². The smallest absolute Gasteiger partial charge is 0.410 e. The largest absolute Gasteiger partial charge is 0.447 e. The first kappa shape index (κ1) is 12.2. The van der Waals surface area contributed by atoms with Crippen molar-refractivity contribution in [1.82, 2.24) is 4.90 Å². The van der Waals surface area contributed by atoms with Gasteiger partial charge in [0.15, 0.2) is 0 Å². The Balaban J connectivity index is 2.08. The minimum Gasteiger partial charge on any atom is -0.447 e. The Morgan fingerprint density at radius 2 is 2.35 bits per heavy atom. The van der Waals surface area contributed by atoms with Crippen molar-refractivity contribution in [2.24, 2.45) is 0 Å². The van der Waals surface area contributed by atoms with Gasteiger partial charge in [0.25, 0.3) is 0 Å². The van der Waals surface area contributed by atoms with Crippen LogP contribution in [0.4, 0.5) is 4.79 Å². The van der Waals surface area contributed by atoms with E-state index in [0.717, 1.165) is 5.56 Å². The van der Waals surface area contributed by atoms with Crippen molar-refractivity contribution < 1.29 is 14.6 Å². The third kappa shape index (κ3) is 2.90. The highest BCUT2D eigenvalue weighted by Gasteiger charge is 2.32. The van der Waals surface area contributed by atoms with Gasteiger partial charge in [0.1, 0.15) is 6.61 Å². The Morgan fingerprint density at radius 1 is 1.53 bits per heavy atom. The van der Waals surface area contributed by atoms with E-state index in [9.17, 15) is 4.79 Å². The average molecular weight is 256 g/mol. The quantitative estimate of drug-likeness (QED) is 0.896. The molecule has 2 rings (SSSR count). The predicted molar refractivity (Wildman–Crippen MR) is 63.8 cm³/mol. The molecule has 1 fully saturated rings. The number of hydrogen-bond acceptors (Lipinski definition) is 3.